The Bertz CT molecular complexity index is 726. The fourth-order valence-corrected chi connectivity index (χ4v) is 2.08. The van der Waals surface area contributed by atoms with Gasteiger partial charge in [0.2, 0.25) is 0 Å². The molecule has 0 fully saturated rings. The van der Waals surface area contributed by atoms with Gasteiger partial charge in [-0.3, -0.25) is 0 Å². The van der Waals surface area contributed by atoms with Gasteiger partial charge in [0.25, 0.3) is 0 Å². The van der Waals surface area contributed by atoms with Crippen molar-refractivity contribution in [1.29, 1.82) is 10.5 Å². The topological polar surface area (TPSA) is 86.5 Å². The average molecular weight is 317 g/mol. The summed E-state index contributed by atoms with van der Waals surface area (Å²) >= 11 is 3.13. The molecule has 1 heterocycles. The molecule has 6 heteroatoms. The predicted molar refractivity (Wildman–Crippen MR) is 71.2 cm³/mol. The average Bonchev–Trinajstić information content (AvgIpc) is 2.41. The summed E-state index contributed by atoms with van der Waals surface area (Å²) < 4.78 is 13.1. The highest BCUT2D eigenvalue weighted by Gasteiger charge is 2.17. The Kier molecular flexibility index (Phi) is 3.46. The molecule has 0 unspecified atom stereocenters. The normalized spacial score (nSPS) is 9.68. The second-order valence-corrected chi connectivity index (χ2v) is 4.40. The van der Waals surface area contributed by atoms with E-state index in [1.54, 1.807) is 0 Å². The zero-order chi connectivity index (χ0) is 14.0. The molecule has 19 heavy (non-hydrogen) atoms. The molecule has 0 saturated heterocycles. The van der Waals surface area contributed by atoms with Crippen molar-refractivity contribution >= 4 is 21.6 Å². The Hall–Kier alpha value is -2.44. The summed E-state index contributed by atoms with van der Waals surface area (Å²) in [6, 6.07) is 9.32. The molecule has 0 amide bonds. The number of rotatable bonds is 1. The van der Waals surface area contributed by atoms with Crippen LogP contribution in [0.2, 0.25) is 0 Å². The number of nitrogens with zero attached hydrogens (tertiary/aromatic N) is 3. The molecular formula is C13H6BrFN4. The van der Waals surface area contributed by atoms with Crippen LogP contribution in [0.5, 0.6) is 0 Å². The number of benzene rings is 1. The third-order valence-corrected chi connectivity index (χ3v) is 3.11. The molecule has 1 aromatic carbocycles. The van der Waals surface area contributed by atoms with Gasteiger partial charge in [-0.15, -0.1) is 0 Å². The van der Waals surface area contributed by atoms with Crippen LogP contribution in [0.4, 0.5) is 10.1 Å². The molecule has 2 rings (SSSR count). The van der Waals surface area contributed by atoms with Gasteiger partial charge in [-0.25, -0.2) is 9.37 Å². The Morgan fingerprint density at radius 3 is 2.21 bits per heavy atom. The molecule has 0 bridgehead atoms. The first-order valence-corrected chi connectivity index (χ1v) is 5.93. The predicted octanol–water partition coefficient (Wildman–Crippen LogP) is 2.98. The molecule has 0 saturated carbocycles. The van der Waals surface area contributed by atoms with E-state index >= 15 is 0 Å². The molecule has 0 aliphatic rings. The Morgan fingerprint density at radius 1 is 1.11 bits per heavy atom. The Balaban J connectivity index is 2.74. The third kappa shape index (κ3) is 2.26. The van der Waals surface area contributed by atoms with Gasteiger partial charge in [0.15, 0.2) is 0 Å². The van der Waals surface area contributed by atoms with E-state index < -0.39 is 0 Å². The van der Waals surface area contributed by atoms with Gasteiger partial charge in [-0.2, -0.15) is 10.5 Å². The van der Waals surface area contributed by atoms with Crippen molar-refractivity contribution in [3.8, 4) is 23.4 Å². The first-order chi connectivity index (χ1) is 9.08. The minimum absolute atomic E-state index is 0.0590. The summed E-state index contributed by atoms with van der Waals surface area (Å²) in [5, 5.41) is 18.1. The zero-order valence-electron chi connectivity index (χ0n) is 9.48. The molecule has 0 atom stereocenters. The molecule has 2 N–H and O–H groups in total. The number of nitriles is 2. The lowest BCUT2D eigenvalue weighted by Crippen LogP contribution is -2.02. The van der Waals surface area contributed by atoms with Crippen LogP contribution in [-0.2, 0) is 0 Å². The largest absolute Gasteiger partial charge is 0.396 e. The molecule has 4 nitrogen and oxygen atoms in total. The first kappa shape index (κ1) is 13.0. The molecule has 1 aromatic heterocycles. The zero-order valence-corrected chi connectivity index (χ0v) is 11.1. The van der Waals surface area contributed by atoms with Crippen LogP contribution in [0.1, 0.15) is 11.1 Å². The summed E-state index contributed by atoms with van der Waals surface area (Å²) in [6.45, 7) is 0. The molecule has 92 valence electrons. The number of nitrogens with two attached hydrogens (primary N) is 1. The van der Waals surface area contributed by atoms with Crippen LogP contribution in [0.15, 0.2) is 28.9 Å². The van der Waals surface area contributed by atoms with Crippen molar-refractivity contribution in [3.63, 3.8) is 0 Å². The summed E-state index contributed by atoms with van der Waals surface area (Å²) in [5.41, 5.74) is 7.02. The van der Waals surface area contributed by atoms with Crippen LogP contribution in [0, 0.1) is 28.5 Å². The van der Waals surface area contributed by atoms with E-state index in [0.29, 0.717) is 11.3 Å². The van der Waals surface area contributed by atoms with Gasteiger partial charge >= 0.3 is 0 Å². The summed E-state index contributed by atoms with van der Waals surface area (Å²) in [6.07, 6.45) is 0. The molecule has 0 spiro atoms. The number of halogens is 2. The SMILES string of the molecule is N#Cc1c(Br)nc(-c2ccc(F)cc2)c(N)c1C#N. The van der Waals surface area contributed by atoms with E-state index in [0.717, 1.165) is 0 Å². The lowest BCUT2D eigenvalue weighted by Gasteiger charge is -2.09. The molecule has 2 aromatic rings. The fraction of sp³-hybridized carbons (Fsp3) is 0. The van der Waals surface area contributed by atoms with Gasteiger partial charge in [-0.05, 0) is 40.2 Å². The third-order valence-electron chi connectivity index (χ3n) is 2.53. The van der Waals surface area contributed by atoms with Crippen molar-refractivity contribution < 1.29 is 4.39 Å². The van der Waals surface area contributed by atoms with Gasteiger partial charge in [0, 0.05) is 5.56 Å². The second kappa shape index (κ2) is 5.05. The van der Waals surface area contributed by atoms with E-state index in [1.165, 1.54) is 24.3 Å². The maximum atomic E-state index is 12.9. The number of hydrogen-bond donors (Lipinski definition) is 1. The Morgan fingerprint density at radius 2 is 1.68 bits per heavy atom. The monoisotopic (exact) mass is 316 g/mol. The van der Waals surface area contributed by atoms with Gasteiger partial charge in [0.05, 0.1) is 16.9 Å². The van der Waals surface area contributed by atoms with E-state index in [1.807, 2.05) is 12.1 Å². The summed E-state index contributed by atoms with van der Waals surface area (Å²) in [5.74, 6) is -0.379. The number of aromatic nitrogens is 1. The number of hydrogen-bond acceptors (Lipinski definition) is 4. The van der Waals surface area contributed by atoms with E-state index in [-0.39, 0.29) is 27.2 Å². The highest BCUT2D eigenvalue weighted by atomic mass is 79.9. The quantitative estimate of drug-likeness (QED) is 0.819. The van der Waals surface area contributed by atoms with Crippen LogP contribution >= 0.6 is 15.9 Å². The number of nitrogen functional groups attached to an aromatic ring is 1. The molecule has 0 radical (unpaired) electrons. The van der Waals surface area contributed by atoms with E-state index in [2.05, 4.69) is 20.9 Å². The van der Waals surface area contributed by atoms with Crippen LogP contribution in [0.3, 0.4) is 0 Å². The smallest absolute Gasteiger partial charge is 0.126 e. The van der Waals surface area contributed by atoms with Crippen molar-refractivity contribution in [3.05, 3.63) is 45.8 Å². The van der Waals surface area contributed by atoms with Crippen molar-refractivity contribution in [2.75, 3.05) is 5.73 Å². The molecule has 0 aliphatic heterocycles. The first-order valence-electron chi connectivity index (χ1n) is 5.13. The standard InChI is InChI=1S/C13H6BrFN4/c14-13-10(6-17)9(5-16)11(18)12(19-13)7-1-3-8(15)4-2-7/h1-4H,18H2. The highest BCUT2D eigenvalue weighted by Crippen LogP contribution is 2.32. The minimum Gasteiger partial charge on any atom is -0.396 e. The maximum absolute atomic E-state index is 12.9. The van der Waals surface area contributed by atoms with Gasteiger partial charge in [-0.1, -0.05) is 0 Å². The molecular weight excluding hydrogens is 311 g/mol. The second-order valence-electron chi connectivity index (χ2n) is 3.65. The van der Waals surface area contributed by atoms with Gasteiger partial charge in [0.1, 0.15) is 28.1 Å². The summed E-state index contributed by atoms with van der Waals surface area (Å²) in [7, 11) is 0. The van der Waals surface area contributed by atoms with E-state index in [4.69, 9.17) is 16.3 Å². The summed E-state index contributed by atoms with van der Waals surface area (Å²) in [4.78, 5) is 4.15. The van der Waals surface area contributed by atoms with Crippen molar-refractivity contribution in [1.82, 2.24) is 4.98 Å². The van der Waals surface area contributed by atoms with Crippen molar-refractivity contribution in [2.24, 2.45) is 0 Å². The van der Waals surface area contributed by atoms with Crippen LogP contribution in [-0.4, -0.2) is 4.98 Å². The number of pyridine rings is 1. The highest BCUT2D eigenvalue weighted by molar-refractivity contribution is 9.10. The van der Waals surface area contributed by atoms with Gasteiger partial charge < -0.3 is 5.73 Å². The Labute approximate surface area is 117 Å². The molecule has 0 aliphatic carbocycles. The lowest BCUT2D eigenvalue weighted by atomic mass is 10.0. The minimum atomic E-state index is -0.379. The van der Waals surface area contributed by atoms with Crippen LogP contribution < -0.4 is 5.73 Å². The van der Waals surface area contributed by atoms with E-state index in [9.17, 15) is 4.39 Å². The van der Waals surface area contributed by atoms with Crippen LogP contribution in [0.25, 0.3) is 11.3 Å². The number of anilines is 1. The lowest BCUT2D eigenvalue weighted by molar-refractivity contribution is 0.628. The van der Waals surface area contributed by atoms with Crippen molar-refractivity contribution in [2.45, 2.75) is 0 Å². The maximum Gasteiger partial charge on any atom is 0.126 e. The fourth-order valence-electron chi connectivity index (χ4n) is 1.62.